The fourth-order valence-electron chi connectivity index (χ4n) is 1.60. The topological polar surface area (TPSA) is 49.7 Å². The van der Waals surface area contributed by atoms with Crippen LogP contribution in [0.1, 0.15) is 18.1 Å². The lowest BCUT2D eigenvalue weighted by Gasteiger charge is -2.28. The molecule has 4 heteroatoms. The number of halogens is 1. The summed E-state index contributed by atoms with van der Waals surface area (Å²) < 4.78 is 6.39. The van der Waals surface area contributed by atoms with E-state index in [1.807, 2.05) is 12.1 Å². The second-order valence-corrected chi connectivity index (χ2v) is 4.27. The van der Waals surface area contributed by atoms with Crippen LogP contribution in [0.3, 0.4) is 0 Å². The third kappa shape index (κ3) is 1.78. The first-order valence-electron chi connectivity index (χ1n) is 4.45. The van der Waals surface area contributed by atoms with Gasteiger partial charge in [0.15, 0.2) is 0 Å². The van der Waals surface area contributed by atoms with Crippen molar-refractivity contribution in [2.45, 2.75) is 18.6 Å². The van der Waals surface area contributed by atoms with E-state index in [4.69, 9.17) is 9.84 Å². The van der Waals surface area contributed by atoms with Crippen LogP contribution in [-0.2, 0) is 0 Å². The van der Waals surface area contributed by atoms with E-state index in [0.29, 0.717) is 12.2 Å². The summed E-state index contributed by atoms with van der Waals surface area (Å²) in [5, 5.41) is 18.7. The Balaban J connectivity index is 2.35. The molecule has 0 fully saturated rings. The molecule has 3 nitrogen and oxygen atoms in total. The lowest BCUT2D eigenvalue weighted by atomic mass is 9.99. The van der Waals surface area contributed by atoms with Crippen LogP contribution in [0.2, 0.25) is 0 Å². The smallest absolute Gasteiger partial charge is 0.125 e. The fraction of sp³-hybridized carbons (Fsp3) is 0.400. The Hall–Kier alpha value is -0.580. The van der Waals surface area contributed by atoms with Gasteiger partial charge in [0.05, 0.1) is 12.7 Å². The van der Waals surface area contributed by atoms with Crippen LogP contribution in [0.4, 0.5) is 0 Å². The summed E-state index contributed by atoms with van der Waals surface area (Å²) in [4.78, 5) is 0. The van der Waals surface area contributed by atoms with Crippen LogP contribution in [0.5, 0.6) is 5.75 Å². The van der Waals surface area contributed by atoms with Gasteiger partial charge in [-0.15, -0.1) is 0 Å². The minimum atomic E-state index is -0.548. The lowest BCUT2D eigenvalue weighted by Crippen LogP contribution is -2.28. The van der Waals surface area contributed by atoms with E-state index in [1.165, 1.54) is 0 Å². The molecule has 2 atom stereocenters. The van der Waals surface area contributed by atoms with Crippen molar-refractivity contribution in [1.29, 1.82) is 0 Å². The van der Waals surface area contributed by atoms with E-state index in [1.54, 1.807) is 6.07 Å². The number of hydrogen-bond donors (Lipinski definition) is 2. The first-order valence-corrected chi connectivity index (χ1v) is 5.25. The number of ether oxygens (including phenoxy) is 1. The highest BCUT2D eigenvalue weighted by molar-refractivity contribution is 9.10. The SMILES string of the molecule is OCC1C[C@@H](O)c2cc(Br)ccc2O1. The van der Waals surface area contributed by atoms with Gasteiger partial charge in [0, 0.05) is 16.5 Å². The van der Waals surface area contributed by atoms with E-state index in [-0.39, 0.29) is 12.7 Å². The second kappa shape index (κ2) is 3.88. The van der Waals surface area contributed by atoms with E-state index in [2.05, 4.69) is 15.9 Å². The van der Waals surface area contributed by atoms with Crippen LogP contribution < -0.4 is 4.74 Å². The van der Waals surface area contributed by atoms with E-state index >= 15 is 0 Å². The van der Waals surface area contributed by atoms with Gasteiger partial charge in [-0.2, -0.15) is 0 Å². The summed E-state index contributed by atoms with van der Waals surface area (Å²) in [6.45, 7) is -0.0629. The third-order valence-electron chi connectivity index (χ3n) is 2.31. The maximum absolute atomic E-state index is 9.78. The summed E-state index contributed by atoms with van der Waals surface area (Å²) in [6, 6.07) is 5.49. The van der Waals surface area contributed by atoms with E-state index in [9.17, 15) is 5.11 Å². The maximum atomic E-state index is 9.78. The Morgan fingerprint density at radius 1 is 1.50 bits per heavy atom. The Morgan fingerprint density at radius 3 is 3.00 bits per heavy atom. The predicted molar refractivity (Wildman–Crippen MR) is 55.2 cm³/mol. The number of rotatable bonds is 1. The van der Waals surface area contributed by atoms with Crippen LogP contribution in [0.15, 0.2) is 22.7 Å². The largest absolute Gasteiger partial charge is 0.488 e. The first kappa shape index (κ1) is 9.96. The van der Waals surface area contributed by atoms with Gasteiger partial charge in [-0.1, -0.05) is 15.9 Å². The summed E-state index contributed by atoms with van der Waals surface area (Å²) >= 11 is 3.33. The molecule has 2 N–H and O–H groups in total. The van der Waals surface area contributed by atoms with Crippen molar-refractivity contribution in [1.82, 2.24) is 0 Å². The molecule has 0 amide bonds. The molecular formula is C10H11BrO3. The van der Waals surface area contributed by atoms with Crippen molar-refractivity contribution in [3.63, 3.8) is 0 Å². The molecule has 1 aromatic rings. The van der Waals surface area contributed by atoms with Crippen molar-refractivity contribution in [3.05, 3.63) is 28.2 Å². The number of hydrogen-bond acceptors (Lipinski definition) is 3. The number of fused-ring (bicyclic) bond motifs is 1. The van der Waals surface area contributed by atoms with Crippen LogP contribution >= 0.6 is 15.9 Å². The lowest BCUT2D eigenvalue weighted by molar-refractivity contribution is 0.0332. The molecule has 1 heterocycles. The zero-order chi connectivity index (χ0) is 10.1. The Labute approximate surface area is 90.5 Å². The minimum Gasteiger partial charge on any atom is -0.488 e. The van der Waals surface area contributed by atoms with E-state index < -0.39 is 6.10 Å². The number of aliphatic hydroxyl groups is 2. The molecule has 0 saturated carbocycles. The highest BCUT2D eigenvalue weighted by Gasteiger charge is 2.26. The predicted octanol–water partition coefficient (Wildman–Crippen LogP) is 1.63. The average Bonchev–Trinajstić information content (AvgIpc) is 2.19. The van der Waals surface area contributed by atoms with Gasteiger partial charge >= 0.3 is 0 Å². The maximum Gasteiger partial charge on any atom is 0.125 e. The zero-order valence-corrected chi connectivity index (χ0v) is 9.07. The zero-order valence-electron chi connectivity index (χ0n) is 7.48. The molecule has 0 aliphatic carbocycles. The quantitative estimate of drug-likeness (QED) is 0.805. The molecule has 14 heavy (non-hydrogen) atoms. The van der Waals surface area contributed by atoms with Crippen molar-refractivity contribution in [2.24, 2.45) is 0 Å². The summed E-state index contributed by atoms with van der Waals surface area (Å²) in [5.74, 6) is 0.658. The molecular weight excluding hydrogens is 248 g/mol. The van der Waals surface area contributed by atoms with Crippen LogP contribution in [0, 0.1) is 0 Å². The molecule has 2 rings (SSSR count). The minimum absolute atomic E-state index is 0.0629. The molecule has 1 aliphatic rings. The third-order valence-corrected chi connectivity index (χ3v) is 2.81. The molecule has 1 aromatic carbocycles. The van der Waals surface area contributed by atoms with Gasteiger partial charge in [-0.05, 0) is 18.2 Å². The molecule has 1 unspecified atom stereocenters. The van der Waals surface area contributed by atoms with Gasteiger partial charge < -0.3 is 14.9 Å². The van der Waals surface area contributed by atoms with Crippen LogP contribution in [0.25, 0.3) is 0 Å². The Morgan fingerprint density at radius 2 is 2.29 bits per heavy atom. The van der Waals surface area contributed by atoms with Crippen molar-refractivity contribution in [3.8, 4) is 5.75 Å². The highest BCUT2D eigenvalue weighted by atomic mass is 79.9. The number of aliphatic hydroxyl groups excluding tert-OH is 2. The fourth-order valence-corrected chi connectivity index (χ4v) is 1.98. The Bertz CT molecular complexity index is 340. The van der Waals surface area contributed by atoms with Gasteiger partial charge in [0.1, 0.15) is 11.9 Å². The molecule has 1 aliphatic heterocycles. The van der Waals surface area contributed by atoms with Gasteiger partial charge in [0.2, 0.25) is 0 Å². The summed E-state index contributed by atoms with van der Waals surface area (Å²) in [5.41, 5.74) is 0.782. The molecule has 0 radical (unpaired) electrons. The van der Waals surface area contributed by atoms with Crippen molar-refractivity contribution >= 4 is 15.9 Å². The molecule has 0 spiro atoms. The Kier molecular flexibility index (Phi) is 2.76. The standard InChI is InChI=1S/C10H11BrO3/c11-6-1-2-10-8(3-6)9(13)4-7(5-12)14-10/h1-3,7,9,12-13H,4-5H2/t7?,9-/m1/s1. The molecule has 0 aromatic heterocycles. The van der Waals surface area contributed by atoms with Crippen LogP contribution in [-0.4, -0.2) is 22.9 Å². The summed E-state index contributed by atoms with van der Waals surface area (Å²) in [6.07, 6.45) is -0.396. The molecule has 76 valence electrons. The highest BCUT2D eigenvalue weighted by Crippen LogP contribution is 2.36. The summed E-state index contributed by atoms with van der Waals surface area (Å²) in [7, 11) is 0. The number of benzene rings is 1. The van der Waals surface area contributed by atoms with Gasteiger partial charge in [0.25, 0.3) is 0 Å². The van der Waals surface area contributed by atoms with Gasteiger partial charge in [-0.25, -0.2) is 0 Å². The van der Waals surface area contributed by atoms with E-state index in [0.717, 1.165) is 10.0 Å². The van der Waals surface area contributed by atoms with Crippen molar-refractivity contribution in [2.75, 3.05) is 6.61 Å². The molecule has 0 saturated heterocycles. The monoisotopic (exact) mass is 258 g/mol. The second-order valence-electron chi connectivity index (χ2n) is 3.36. The normalized spacial score (nSPS) is 25.4. The van der Waals surface area contributed by atoms with Gasteiger partial charge in [-0.3, -0.25) is 0 Å². The first-order chi connectivity index (χ1) is 6.70. The molecule has 0 bridgehead atoms. The van der Waals surface area contributed by atoms with Crippen molar-refractivity contribution < 1.29 is 14.9 Å². The average molecular weight is 259 g/mol.